The first-order valence-corrected chi connectivity index (χ1v) is 13.1. The van der Waals surface area contributed by atoms with Crippen LogP contribution in [0.1, 0.15) is 47.2 Å². The molecule has 0 bridgehead atoms. The van der Waals surface area contributed by atoms with Gasteiger partial charge in [0.15, 0.2) is 5.78 Å². The smallest absolute Gasteiger partial charge is 0.492 e. The Kier molecular flexibility index (Phi) is 9.02. The van der Waals surface area contributed by atoms with Gasteiger partial charge in [0.1, 0.15) is 16.4 Å². The fourth-order valence-corrected chi connectivity index (χ4v) is 4.79. The van der Waals surface area contributed by atoms with E-state index >= 15 is 0 Å². The van der Waals surface area contributed by atoms with Crippen molar-refractivity contribution in [2.24, 2.45) is 5.14 Å². The number of amides is 1. The van der Waals surface area contributed by atoms with Crippen molar-refractivity contribution >= 4 is 21.9 Å². The molecule has 1 aliphatic rings. The zero-order valence-electron chi connectivity index (χ0n) is 19.8. The summed E-state index contributed by atoms with van der Waals surface area (Å²) in [6, 6.07) is 8.37. The monoisotopic (exact) mass is 544 g/mol. The van der Waals surface area contributed by atoms with Crippen LogP contribution in [-0.4, -0.2) is 56.4 Å². The highest BCUT2D eigenvalue weighted by molar-refractivity contribution is 7.89. The van der Waals surface area contributed by atoms with Crippen molar-refractivity contribution in [3.05, 3.63) is 53.1 Å². The van der Waals surface area contributed by atoms with Gasteiger partial charge in [-0.3, -0.25) is 4.79 Å². The number of nitrogens with two attached hydrogens (primary N) is 1. The number of carboxylic acid groups (broad SMARTS) is 1. The first-order valence-electron chi connectivity index (χ1n) is 11.5. The van der Waals surface area contributed by atoms with Crippen LogP contribution in [0.2, 0.25) is 0 Å². The van der Waals surface area contributed by atoms with Crippen molar-refractivity contribution in [1.29, 1.82) is 0 Å². The van der Waals surface area contributed by atoms with Crippen LogP contribution in [-0.2, 0) is 22.9 Å². The number of benzene rings is 2. The highest BCUT2D eigenvalue weighted by Gasteiger charge is 2.32. The van der Waals surface area contributed by atoms with Crippen LogP contribution in [0.15, 0.2) is 41.3 Å². The van der Waals surface area contributed by atoms with Crippen LogP contribution in [0.4, 0.5) is 18.0 Å². The van der Waals surface area contributed by atoms with E-state index in [4.69, 9.17) is 9.88 Å². The van der Waals surface area contributed by atoms with E-state index in [9.17, 15) is 36.3 Å². The topological polar surface area (TPSA) is 136 Å². The van der Waals surface area contributed by atoms with E-state index in [-0.39, 0.29) is 59.2 Å². The molecule has 0 saturated heterocycles. The van der Waals surface area contributed by atoms with E-state index in [1.165, 1.54) is 24.3 Å². The third-order valence-electron chi connectivity index (χ3n) is 5.83. The Balaban J connectivity index is 1.50. The predicted octanol–water partition coefficient (Wildman–Crippen LogP) is 4.13. The zero-order chi connectivity index (χ0) is 27.2. The number of hydrogen-bond acceptors (Lipinski definition) is 6. The van der Waals surface area contributed by atoms with Gasteiger partial charge in [-0.05, 0) is 48.6 Å². The van der Waals surface area contributed by atoms with Crippen LogP contribution in [0, 0.1) is 0 Å². The van der Waals surface area contributed by atoms with E-state index in [0.717, 1.165) is 4.90 Å². The highest BCUT2D eigenvalue weighted by atomic mass is 32.2. The molecule has 0 unspecified atom stereocenters. The first-order chi connectivity index (χ1) is 17.3. The minimum absolute atomic E-state index is 0.0277. The number of Topliss-reactive ketones (excluding diaryl/α,β-unsaturated/α-hetero) is 1. The maximum atomic E-state index is 12.6. The van der Waals surface area contributed by atoms with Crippen LogP contribution in [0.25, 0.3) is 0 Å². The molecule has 202 valence electrons. The van der Waals surface area contributed by atoms with E-state index in [0.29, 0.717) is 37.9 Å². The van der Waals surface area contributed by atoms with Crippen molar-refractivity contribution < 1.29 is 45.8 Å². The Hall–Kier alpha value is -3.32. The van der Waals surface area contributed by atoms with Gasteiger partial charge in [0.05, 0.1) is 6.61 Å². The molecule has 0 aliphatic carbocycles. The van der Waals surface area contributed by atoms with E-state index in [2.05, 4.69) is 4.74 Å². The molecule has 0 radical (unpaired) electrons. The Morgan fingerprint density at radius 2 is 1.84 bits per heavy atom. The number of carbonyl (C=O) groups excluding carboxylic acids is 1. The normalized spacial score (nSPS) is 13.1. The quantitative estimate of drug-likeness (QED) is 0.303. The van der Waals surface area contributed by atoms with Crippen molar-refractivity contribution in [3.8, 4) is 11.5 Å². The molecule has 1 aliphatic heterocycles. The van der Waals surface area contributed by atoms with Crippen LogP contribution in [0.5, 0.6) is 11.5 Å². The third-order valence-corrected chi connectivity index (χ3v) is 6.75. The summed E-state index contributed by atoms with van der Waals surface area (Å²) in [6.45, 7) is 0.411. The molecule has 9 nitrogen and oxygen atoms in total. The molecule has 0 atom stereocenters. The van der Waals surface area contributed by atoms with Crippen molar-refractivity contribution in [1.82, 2.24) is 4.90 Å². The van der Waals surface area contributed by atoms with Crippen LogP contribution >= 0.6 is 0 Å². The molecule has 0 saturated carbocycles. The lowest BCUT2D eigenvalue weighted by atomic mass is 10.0. The Labute approximate surface area is 212 Å². The average molecular weight is 545 g/mol. The molecule has 2 aromatic rings. The second-order valence-electron chi connectivity index (χ2n) is 8.52. The van der Waals surface area contributed by atoms with Gasteiger partial charge in [0.25, 0.3) is 0 Å². The summed E-state index contributed by atoms with van der Waals surface area (Å²) in [5.41, 5.74) is 1.06. The average Bonchev–Trinajstić information content (AvgIpc) is 3.27. The molecular formula is C24H27F3N2O7S. The van der Waals surface area contributed by atoms with Gasteiger partial charge in [0.2, 0.25) is 10.0 Å². The molecule has 0 aromatic heterocycles. The Bertz CT molecular complexity index is 1250. The summed E-state index contributed by atoms with van der Waals surface area (Å²) < 4.78 is 70.9. The highest BCUT2D eigenvalue weighted by Crippen LogP contribution is 2.34. The lowest BCUT2D eigenvalue weighted by Crippen LogP contribution is -2.32. The zero-order valence-corrected chi connectivity index (χ0v) is 20.6. The van der Waals surface area contributed by atoms with Crippen molar-refractivity contribution in [2.75, 3.05) is 19.7 Å². The number of primary sulfonamides is 1. The second kappa shape index (κ2) is 11.8. The number of fused-ring (bicyclic) bond motifs is 1. The minimum Gasteiger partial charge on any atom is -0.492 e. The van der Waals surface area contributed by atoms with Gasteiger partial charge in [-0.15, -0.1) is 13.2 Å². The van der Waals surface area contributed by atoms with Crippen molar-refractivity contribution in [2.45, 2.75) is 49.8 Å². The summed E-state index contributed by atoms with van der Waals surface area (Å²) in [5.74, 6) is -0.459. The first kappa shape index (κ1) is 28.3. The number of carbonyl (C=O) groups is 2. The predicted molar refractivity (Wildman–Crippen MR) is 126 cm³/mol. The summed E-state index contributed by atoms with van der Waals surface area (Å²) >= 11 is 0. The fraction of sp³-hybridized carbons (Fsp3) is 0.417. The standard InChI is InChI=1S/C24H27F3N2O7S/c25-24(26,27)36-20-8-4-3-6-16(20)9-12-29(23(31)32)11-5-1-2-7-19(30)18-14-17-10-13-35-22(17)21(15-18)37(28,33)34/h3-4,6,8,14-15H,1-2,5,7,9-13H2,(H,31,32)(H2,28,33,34). The number of alkyl halides is 3. The van der Waals surface area contributed by atoms with E-state index in [1.54, 1.807) is 12.1 Å². The van der Waals surface area contributed by atoms with Gasteiger partial charge in [0, 0.05) is 31.5 Å². The number of ketones is 1. The molecule has 1 heterocycles. The number of halogens is 3. The summed E-state index contributed by atoms with van der Waals surface area (Å²) in [6.07, 6.45) is -4.05. The van der Waals surface area contributed by atoms with Gasteiger partial charge < -0.3 is 19.5 Å². The number of rotatable bonds is 12. The SMILES string of the molecule is NS(=O)(=O)c1cc(C(=O)CCCCCN(CCc2ccccc2OC(F)(F)F)C(=O)O)cc2c1OCC2. The third kappa shape index (κ3) is 8.09. The molecule has 13 heteroatoms. The van der Waals surface area contributed by atoms with Gasteiger partial charge in [-0.2, -0.15) is 0 Å². The summed E-state index contributed by atoms with van der Waals surface area (Å²) in [5, 5.41) is 14.7. The Morgan fingerprint density at radius 3 is 2.51 bits per heavy atom. The second-order valence-corrected chi connectivity index (χ2v) is 10.0. The molecule has 1 amide bonds. The molecule has 37 heavy (non-hydrogen) atoms. The number of hydrogen-bond donors (Lipinski definition) is 2. The molecule has 0 spiro atoms. The maximum absolute atomic E-state index is 12.6. The number of nitrogens with zero attached hydrogens (tertiary/aromatic N) is 1. The number of para-hydroxylation sites is 1. The lowest BCUT2D eigenvalue weighted by Gasteiger charge is -2.20. The molecule has 2 aromatic carbocycles. The van der Waals surface area contributed by atoms with Gasteiger partial charge in [-0.1, -0.05) is 24.6 Å². The lowest BCUT2D eigenvalue weighted by molar-refractivity contribution is -0.274. The fourth-order valence-electron chi connectivity index (χ4n) is 4.05. The van der Waals surface area contributed by atoms with Crippen LogP contribution < -0.4 is 14.6 Å². The van der Waals surface area contributed by atoms with Crippen LogP contribution in [0.3, 0.4) is 0 Å². The van der Waals surface area contributed by atoms with Gasteiger partial charge >= 0.3 is 12.5 Å². The largest absolute Gasteiger partial charge is 0.573 e. The Morgan fingerprint density at radius 1 is 1.11 bits per heavy atom. The number of sulfonamides is 1. The minimum atomic E-state index is -4.85. The maximum Gasteiger partial charge on any atom is 0.573 e. The van der Waals surface area contributed by atoms with E-state index in [1.807, 2.05) is 0 Å². The van der Waals surface area contributed by atoms with Gasteiger partial charge in [-0.25, -0.2) is 18.4 Å². The van der Waals surface area contributed by atoms with E-state index < -0.39 is 22.5 Å². The number of ether oxygens (including phenoxy) is 2. The molecule has 0 fully saturated rings. The number of unbranched alkanes of at least 4 members (excludes halogenated alkanes) is 2. The molecule has 3 rings (SSSR count). The summed E-state index contributed by atoms with van der Waals surface area (Å²) in [4.78, 5) is 25.1. The summed E-state index contributed by atoms with van der Waals surface area (Å²) in [7, 11) is -4.07. The molecular weight excluding hydrogens is 517 g/mol. The molecule has 3 N–H and O–H groups in total. The van der Waals surface area contributed by atoms with Crippen molar-refractivity contribution in [3.63, 3.8) is 0 Å².